The van der Waals surface area contributed by atoms with Gasteiger partial charge in [0.15, 0.2) is 5.00 Å². The van der Waals surface area contributed by atoms with Crippen LogP contribution in [-0.2, 0) is 0 Å². The summed E-state index contributed by atoms with van der Waals surface area (Å²) in [5.41, 5.74) is 2.46. The van der Waals surface area contributed by atoms with Gasteiger partial charge in [-0.05, 0) is 25.0 Å². The molecule has 0 fully saturated rings. The van der Waals surface area contributed by atoms with Crippen molar-refractivity contribution in [2.45, 2.75) is 20.8 Å². The molecule has 7 heteroatoms. The average Bonchev–Trinajstić information content (AvgIpc) is 2.83. The molecule has 0 radical (unpaired) electrons. The molecule has 0 aliphatic heterocycles. The van der Waals surface area contributed by atoms with E-state index >= 15 is 0 Å². The topological polar surface area (TPSA) is 76.1 Å². The Hall–Kier alpha value is -2.15. The summed E-state index contributed by atoms with van der Waals surface area (Å²) in [6, 6.07) is 5.37. The number of ether oxygens (including phenoxy) is 1. The molecule has 2 aromatic rings. The highest BCUT2D eigenvalue weighted by molar-refractivity contribution is 7.14. The van der Waals surface area contributed by atoms with E-state index in [9.17, 15) is 4.79 Å². The molecule has 0 saturated carbocycles. The van der Waals surface area contributed by atoms with E-state index in [0.29, 0.717) is 11.7 Å². The van der Waals surface area contributed by atoms with Crippen LogP contribution in [0.4, 0.5) is 15.6 Å². The number of anilines is 2. The number of aryl methyl sites for hydroxylation is 1. The third-order valence-electron chi connectivity index (χ3n) is 2.51. The van der Waals surface area contributed by atoms with E-state index in [-0.39, 0.29) is 5.88 Å². The summed E-state index contributed by atoms with van der Waals surface area (Å²) in [6.45, 7) is 6.85. The van der Waals surface area contributed by atoms with Gasteiger partial charge in [-0.3, -0.25) is 5.32 Å². The van der Waals surface area contributed by atoms with E-state index in [1.165, 1.54) is 11.3 Å². The van der Waals surface area contributed by atoms with Crippen molar-refractivity contribution in [3.05, 3.63) is 29.4 Å². The van der Waals surface area contributed by atoms with Gasteiger partial charge in [0.2, 0.25) is 0 Å². The van der Waals surface area contributed by atoms with E-state index < -0.39 is 6.09 Å². The van der Waals surface area contributed by atoms with E-state index in [2.05, 4.69) is 34.4 Å². The summed E-state index contributed by atoms with van der Waals surface area (Å²) < 4.78 is 5.21. The number of nitrogens with zero attached hydrogens (tertiary/aromatic N) is 2. The van der Waals surface area contributed by atoms with Crippen LogP contribution in [0.25, 0.3) is 0 Å². The summed E-state index contributed by atoms with van der Waals surface area (Å²) in [4.78, 5) is 20.1. The molecule has 2 rings (SSSR count). The number of rotatable bonds is 5. The molecule has 2 heterocycles. The Morgan fingerprint density at radius 1 is 1.43 bits per heavy atom. The third-order valence-corrected chi connectivity index (χ3v) is 3.28. The summed E-state index contributed by atoms with van der Waals surface area (Å²) in [6.07, 6.45) is -0.605. The number of hydrogen-bond acceptors (Lipinski definition) is 6. The SMILES string of the molecule is Cc1cccc(NC(=O)Oc2ncsc2NCC(C)C)n1. The Morgan fingerprint density at radius 3 is 2.95 bits per heavy atom. The summed E-state index contributed by atoms with van der Waals surface area (Å²) in [5.74, 6) is 1.22. The molecular weight excluding hydrogens is 288 g/mol. The molecule has 2 N–H and O–H groups in total. The Morgan fingerprint density at radius 2 is 2.24 bits per heavy atom. The summed E-state index contributed by atoms with van der Waals surface area (Å²) in [7, 11) is 0. The molecule has 21 heavy (non-hydrogen) atoms. The molecule has 0 aliphatic carbocycles. The van der Waals surface area contributed by atoms with E-state index in [1.807, 2.05) is 19.1 Å². The van der Waals surface area contributed by atoms with Crippen molar-refractivity contribution >= 4 is 28.2 Å². The van der Waals surface area contributed by atoms with Gasteiger partial charge in [0, 0.05) is 12.2 Å². The molecule has 0 saturated heterocycles. The molecule has 0 atom stereocenters. The zero-order valence-electron chi connectivity index (χ0n) is 12.2. The van der Waals surface area contributed by atoms with Crippen molar-refractivity contribution in [1.29, 1.82) is 0 Å². The van der Waals surface area contributed by atoms with Crippen LogP contribution in [0, 0.1) is 12.8 Å². The van der Waals surface area contributed by atoms with Gasteiger partial charge in [0.05, 0.1) is 5.51 Å². The number of aromatic nitrogens is 2. The number of nitrogens with one attached hydrogen (secondary N) is 2. The van der Waals surface area contributed by atoms with Crippen molar-refractivity contribution in [3.8, 4) is 5.88 Å². The Labute approximate surface area is 127 Å². The van der Waals surface area contributed by atoms with E-state index in [0.717, 1.165) is 17.2 Å². The van der Waals surface area contributed by atoms with Crippen LogP contribution >= 0.6 is 11.3 Å². The quantitative estimate of drug-likeness (QED) is 0.884. The lowest BCUT2D eigenvalue weighted by atomic mass is 10.2. The summed E-state index contributed by atoms with van der Waals surface area (Å²) in [5, 5.41) is 6.53. The first-order valence-corrected chi connectivity index (χ1v) is 7.52. The first-order valence-electron chi connectivity index (χ1n) is 6.64. The molecule has 112 valence electrons. The highest BCUT2D eigenvalue weighted by Crippen LogP contribution is 2.28. The molecule has 0 unspecified atom stereocenters. The smallest absolute Gasteiger partial charge is 0.388 e. The third kappa shape index (κ3) is 4.71. The molecule has 0 aromatic carbocycles. The molecule has 0 aliphatic rings. The fraction of sp³-hybridized carbons (Fsp3) is 0.357. The standard InChI is InChI=1S/C14H18N4O2S/c1-9(2)7-15-13-12(16-8-21-13)20-14(19)18-11-6-4-5-10(3)17-11/h4-6,8-9,15H,7H2,1-3H3,(H,17,18,19). The van der Waals surface area contributed by atoms with Gasteiger partial charge in [0.1, 0.15) is 5.82 Å². The second kappa shape index (κ2) is 7.03. The second-order valence-electron chi connectivity index (χ2n) is 4.94. The number of amides is 1. The fourth-order valence-corrected chi connectivity index (χ4v) is 2.17. The molecule has 1 amide bonds. The van der Waals surface area contributed by atoms with Gasteiger partial charge < -0.3 is 10.1 Å². The van der Waals surface area contributed by atoms with Gasteiger partial charge in [-0.15, -0.1) is 11.3 Å². The lowest BCUT2D eigenvalue weighted by molar-refractivity contribution is 0.214. The molecule has 0 spiro atoms. The summed E-state index contributed by atoms with van der Waals surface area (Å²) >= 11 is 1.40. The van der Waals surface area contributed by atoms with Crippen LogP contribution in [0.15, 0.2) is 23.7 Å². The number of hydrogen-bond donors (Lipinski definition) is 2. The minimum absolute atomic E-state index is 0.283. The minimum atomic E-state index is -0.605. The zero-order chi connectivity index (χ0) is 15.2. The number of thiazole rings is 1. The number of carbonyl (C=O) groups is 1. The average molecular weight is 306 g/mol. The lowest BCUT2D eigenvalue weighted by Crippen LogP contribution is -2.18. The Kier molecular flexibility index (Phi) is 5.10. The number of pyridine rings is 1. The van der Waals surface area contributed by atoms with E-state index in [1.54, 1.807) is 11.6 Å². The fourth-order valence-electron chi connectivity index (χ4n) is 1.55. The predicted molar refractivity (Wildman–Crippen MR) is 84.1 cm³/mol. The first-order chi connectivity index (χ1) is 10.0. The maximum absolute atomic E-state index is 11.8. The monoisotopic (exact) mass is 306 g/mol. The highest BCUT2D eigenvalue weighted by atomic mass is 32.1. The highest BCUT2D eigenvalue weighted by Gasteiger charge is 2.13. The Balaban J connectivity index is 1.95. The predicted octanol–water partition coefficient (Wildman–Crippen LogP) is 3.53. The lowest BCUT2D eigenvalue weighted by Gasteiger charge is -2.09. The van der Waals surface area contributed by atoms with Crippen molar-refractivity contribution in [1.82, 2.24) is 9.97 Å². The largest absolute Gasteiger partial charge is 0.419 e. The normalized spacial score (nSPS) is 10.5. The number of carbonyl (C=O) groups excluding carboxylic acids is 1. The van der Waals surface area contributed by atoms with Crippen molar-refractivity contribution in [2.24, 2.45) is 5.92 Å². The maximum Gasteiger partial charge on any atom is 0.419 e. The van der Waals surface area contributed by atoms with Crippen LogP contribution in [0.3, 0.4) is 0 Å². The van der Waals surface area contributed by atoms with Gasteiger partial charge in [-0.1, -0.05) is 19.9 Å². The Bertz CT molecular complexity index is 613. The molecule has 2 aromatic heterocycles. The van der Waals surface area contributed by atoms with Crippen molar-refractivity contribution in [2.75, 3.05) is 17.2 Å². The zero-order valence-corrected chi connectivity index (χ0v) is 13.0. The van der Waals surface area contributed by atoms with Crippen LogP contribution in [-0.4, -0.2) is 22.6 Å². The molecular formula is C14H18N4O2S. The van der Waals surface area contributed by atoms with Crippen LogP contribution in [0.5, 0.6) is 5.88 Å². The van der Waals surface area contributed by atoms with Crippen molar-refractivity contribution < 1.29 is 9.53 Å². The second-order valence-corrected chi connectivity index (χ2v) is 5.79. The van der Waals surface area contributed by atoms with Gasteiger partial charge in [-0.2, -0.15) is 0 Å². The molecule has 6 nitrogen and oxygen atoms in total. The van der Waals surface area contributed by atoms with Crippen molar-refractivity contribution in [3.63, 3.8) is 0 Å². The maximum atomic E-state index is 11.8. The van der Waals surface area contributed by atoms with E-state index in [4.69, 9.17) is 4.74 Å². The van der Waals surface area contributed by atoms with Gasteiger partial charge >= 0.3 is 6.09 Å². The van der Waals surface area contributed by atoms with Crippen LogP contribution in [0.1, 0.15) is 19.5 Å². The van der Waals surface area contributed by atoms with Crippen LogP contribution in [0.2, 0.25) is 0 Å². The molecule has 0 bridgehead atoms. The van der Waals surface area contributed by atoms with Gasteiger partial charge in [-0.25, -0.2) is 14.8 Å². The minimum Gasteiger partial charge on any atom is -0.388 e. The first kappa shape index (κ1) is 15.2. The van der Waals surface area contributed by atoms with Crippen LogP contribution < -0.4 is 15.4 Å². The van der Waals surface area contributed by atoms with Gasteiger partial charge in [0.25, 0.3) is 5.88 Å².